The summed E-state index contributed by atoms with van der Waals surface area (Å²) in [6, 6.07) is 0. The number of nitrogens with zero attached hydrogens (tertiary/aromatic N) is 2. The van der Waals surface area contributed by atoms with Gasteiger partial charge in [-0.2, -0.15) is 0 Å². The van der Waals surface area contributed by atoms with Crippen LogP contribution >= 0.6 is 0 Å². The Kier molecular flexibility index (Phi) is 8.53. The van der Waals surface area contributed by atoms with Crippen molar-refractivity contribution in [1.29, 1.82) is 0 Å². The van der Waals surface area contributed by atoms with E-state index in [-0.39, 0.29) is 11.1 Å². The van der Waals surface area contributed by atoms with E-state index < -0.39 is 0 Å². The van der Waals surface area contributed by atoms with Gasteiger partial charge in [-0.3, -0.25) is 9.80 Å². The van der Waals surface area contributed by atoms with Gasteiger partial charge in [0.05, 0.1) is 11.1 Å². The largest absolute Gasteiger partial charge is 0.293 e. The molecule has 2 aliphatic carbocycles. The molecule has 2 rings (SSSR count). The van der Waals surface area contributed by atoms with Crippen LogP contribution in [0.1, 0.15) is 89.9 Å². The standard InChI is InChI=1S/C24H40N2/c1-25(2)23(19-13-9-14-20-23)17-11-7-5-6-8-12-18-24(26(3)4)21-15-10-16-22-24/h5-10,13-16,19-22H2,1-4H3. The number of unbranched alkanes of at least 4 members (excludes halogenated alkanes) is 3. The summed E-state index contributed by atoms with van der Waals surface area (Å²) in [6.45, 7) is 0. The van der Waals surface area contributed by atoms with E-state index in [1.54, 1.807) is 0 Å². The van der Waals surface area contributed by atoms with E-state index in [1.807, 2.05) is 0 Å². The zero-order valence-electron chi connectivity index (χ0n) is 17.8. The third kappa shape index (κ3) is 5.77. The average Bonchev–Trinajstić information content (AvgIpc) is 2.65. The molecule has 0 aromatic carbocycles. The molecule has 26 heavy (non-hydrogen) atoms. The monoisotopic (exact) mass is 356 g/mol. The quantitative estimate of drug-likeness (QED) is 0.500. The molecule has 2 aliphatic rings. The minimum absolute atomic E-state index is 0.150. The van der Waals surface area contributed by atoms with E-state index >= 15 is 0 Å². The summed E-state index contributed by atoms with van der Waals surface area (Å²) < 4.78 is 0. The van der Waals surface area contributed by atoms with Gasteiger partial charge < -0.3 is 0 Å². The van der Waals surface area contributed by atoms with Crippen LogP contribution in [0.5, 0.6) is 0 Å². The van der Waals surface area contributed by atoms with Crippen LogP contribution in [0, 0.1) is 23.7 Å². The smallest absolute Gasteiger partial charge is 0.0820 e. The molecule has 0 spiro atoms. The molecule has 0 aromatic rings. The van der Waals surface area contributed by atoms with E-state index in [2.05, 4.69) is 61.7 Å². The highest BCUT2D eigenvalue weighted by Crippen LogP contribution is 2.32. The SMILES string of the molecule is CN(C)C1(C#CCCCCC#CC2(N(C)C)CCCCC2)CCCCC1. The molecule has 2 fully saturated rings. The highest BCUT2D eigenvalue weighted by molar-refractivity contribution is 5.20. The Labute approximate surface area is 163 Å². The minimum Gasteiger partial charge on any atom is -0.293 e. The Bertz CT molecular complexity index is 476. The minimum atomic E-state index is 0.150. The normalized spacial score (nSPS) is 21.6. The number of hydrogen-bond acceptors (Lipinski definition) is 2. The first kappa shape index (κ1) is 21.3. The second-order valence-electron chi connectivity index (χ2n) is 8.78. The first-order valence-corrected chi connectivity index (χ1v) is 10.9. The molecule has 2 nitrogen and oxygen atoms in total. The molecule has 2 heteroatoms. The Balaban J connectivity index is 1.74. The van der Waals surface area contributed by atoms with Crippen LogP contribution in [0.3, 0.4) is 0 Å². The van der Waals surface area contributed by atoms with Crippen molar-refractivity contribution < 1.29 is 0 Å². The lowest BCUT2D eigenvalue weighted by molar-refractivity contribution is 0.160. The van der Waals surface area contributed by atoms with Gasteiger partial charge in [-0.05, 0) is 66.7 Å². The zero-order valence-corrected chi connectivity index (χ0v) is 17.8. The summed E-state index contributed by atoms with van der Waals surface area (Å²) in [7, 11) is 8.78. The van der Waals surface area contributed by atoms with Crippen LogP contribution in [-0.2, 0) is 0 Å². The van der Waals surface area contributed by atoms with Crippen LogP contribution in [-0.4, -0.2) is 49.1 Å². The van der Waals surface area contributed by atoms with Crippen molar-refractivity contribution >= 4 is 0 Å². The maximum atomic E-state index is 3.63. The maximum absolute atomic E-state index is 3.63. The van der Waals surface area contributed by atoms with E-state index in [9.17, 15) is 0 Å². The Morgan fingerprint density at radius 1 is 0.577 bits per heavy atom. The third-order valence-electron chi connectivity index (χ3n) is 6.57. The van der Waals surface area contributed by atoms with Gasteiger partial charge in [0, 0.05) is 12.8 Å². The predicted molar refractivity (Wildman–Crippen MR) is 113 cm³/mol. The lowest BCUT2D eigenvalue weighted by Crippen LogP contribution is -2.44. The summed E-state index contributed by atoms with van der Waals surface area (Å²) in [5, 5.41) is 0. The summed E-state index contributed by atoms with van der Waals surface area (Å²) in [5.74, 6) is 14.3. The van der Waals surface area contributed by atoms with Gasteiger partial charge in [0.15, 0.2) is 0 Å². The molecule has 0 N–H and O–H groups in total. The average molecular weight is 357 g/mol. The highest BCUT2D eigenvalue weighted by atomic mass is 15.1. The predicted octanol–water partition coefficient (Wildman–Crippen LogP) is 5.08. The molecule has 0 amide bonds. The molecule has 0 aliphatic heterocycles. The summed E-state index contributed by atoms with van der Waals surface area (Å²) in [4.78, 5) is 4.71. The Hall–Kier alpha value is -0.960. The fourth-order valence-electron chi connectivity index (χ4n) is 4.52. The van der Waals surface area contributed by atoms with Gasteiger partial charge >= 0.3 is 0 Å². The third-order valence-corrected chi connectivity index (χ3v) is 6.57. The second-order valence-corrected chi connectivity index (χ2v) is 8.78. The van der Waals surface area contributed by atoms with Crippen LogP contribution < -0.4 is 0 Å². The first-order chi connectivity index (χ1) is 12.5. The van der Waals surface area contributed by atoms with Crippen LogP contribution in [0.4, 0.5) is 0 Å². The fourth-order valence-corrected chi connectivity index (χ4v) is 4.52. The molecular formula is C24H40N2. The van der Waals surface area contributed by atoms with E-state index in [1.165, 1.54) is 77.0 Å². The van der Waals surface area contributed by atoms with Crippen molar-refractivity contribution in [2.45, 2.75) is 101 Å². The number of hydrogen-bond donors (Lipinski definition) is 0. The molecule has 0 heterocycles. The van der Waals surface area contributed by atoms with Crippen molar-refractivity contribution in [2.24, 2.45) is 0 Å². The van der Waals surface area contributed by atoms with Crippen molar-refractivity contribution in [2.75, 3.05) is 28.2 Å². The van der Waals surface area contributed by atoms with Gasteiger partial charge in [-0.25, -0.2) is 0 Å². The fraction of sp³-hybridized carbons (Fsp3) is 0.833. The highest BCUT2D eigenvalue weighted by Gasteiger charge is 2.32. The molecular weight excluding hydrogens is 316 g/mol. The first-order valence-electron chi connectivity index (χ1n) is 10.9. The van der Waals surface area contributed by atoms with Crippen molar-refractivity contribution in [1.82, 2.24) is 9.80 Å². The van der Waals surface area contributed by atoms with Crippen LogP contribution in [0.25, 0.3) is 0 Å². The molecule has 0 atom stereocenters. The Morgan fingerprint density at radius 2 is 0.923 bits per heavy atom. The topological polar surface area (TPSA) is 6.48 Å². The van der Waals surface area contributed by atoms with Crippen molar-refractivity contribution in [3.05, 3.63) is 0 Å². The maximum Gasteiger partial charge on any atom is 0.0820 e. The van der Waals surface area contributed by atoms with Crippen molar-refractivity contribution in [3.8, 4) is 23.7 Å². The molecule has 0 saturated heterocycles. The molecule has 0 bridgehead atoms. The van der Waals surface area contributed by atoms with E-state index in [4.69, 9.17) is 0 Å². The van der Waals surface area contributed by atoms with Crippen LogP contribution in [0.15, 0.2) is 0 Å². The lowest BCUT2D eigenvalue weighted by Gasteiger charge is -2.38. The van der Waals surface area contributed by atoms with Crippen molar-refractivity contribution in [3.63, 3.8) is 0 Å². The molecule has 0 aromatic heterocycles. The second kappa shape index (κ2) is 10.4. The van der Waals surface area contributed by atoms with Gasteiger partial charge in [-0.1, -0.05) is 50.4 Å². The van der Waals surface area contributed by atoms with Gasteiger partial charge in [-0.15, -0.1) is 11.8 Å². The van der Waals surface area contributed by atoms with Crippen LogP contribution in [0.2, 0.25) is 0 Å². The summed E-state index contributed by atoms with van der Waals surface area (Å²) in [6.07, 6.45) is 17.5. The number of rotatable bonds is 5. The molecule has 0 unspecified atom stereocenters. The van der Waals surface area contributed by atoms with Gasteiger partial charge in [0.1, 0.15) is 0 Å². The molecule has 0 radical (unpaired) electrons. The summed E-state index contributed by atoms with van der Waals surface area (Å²) >= 11 is 0. The molecule has 2 saturated carbocycles. The summed E-state index contributed by atoms with van der Waals surface area (Å²) in [5.41, 5.74) is 0.300. The molecule has 146 valence electrons. The zero-order chi connectivity index (χ0) is 18.9. The van der Waals surface area contributed by atoms with E-state index in [0.29, 0.717) is 0 Å². The Morgan fingerprint density at radius 3 is 1.23 bits per heavy atom. The van der Waals surface area contributed by atoms with E-state index in [0.717, 1.165) is 12.8 Å². The van der Waals surface area contributed by atoms with Gasteiger partial charge in [0.2, 0.25) is 0 Å². The van der Waals surface area contributed by atoms with Gasteiger partial charge in [0.25, 0.3) is 0 Å². The lowest BCUT2D eigenvalue weighted by atomic mass is 9.81.